The van der Waals surface area contributed by atoms with Gasteiger partial charge in [0.1, 0.15) is 0 Å². The van der Waals surface area contributed by atoms with Gasteiger partial charge in [-0.3, -0.25) is 0 Å². The van der Waals surface area contributed by atoms with Gasteiger partial charge in [-0.2, -0.15) is 0 Å². The van der Waals surface area contributed by atoms with E-state index in [1.54, 1.807) is 11.8 Å². The third-order valence-corrected chi connectivity index (χ3v) is 1.82. The summed E-state index contributed by atoms with van der Waals surface area (Å²) < 4.78 is 0.155. The molecule has 0 aromatic rings. The van der Waals surface area contributed by atoms with Crippen LogP contribution >= 0.6 is 11.8 Å². The topological polar surface area (TPSA) is 0 Å². The Morgan fingerprint density at radius 3 is 1.70 bits per heavy atom. The van der Waals surface area contributed by atoms with Crippen molar-refractivity contribution in [3.63, 3.8) is 0 Å². The lowest BCUT2D eigenvalue weighted by atomic mass is 10.2. The monoisotopic (exact) mass is 158 g/mol. The van der Waals surface area contributed by atoms with Gasteiger partial charge >= 0.3 is 0 Å². The first kappa shape index (κ1) is 12.5. The molecule has 1 heteroatoms. The molecule has 0 bridgehead atoms. The number of thioether (sulfide) groups is 1. The molecule has 10 heavy (non-hydrogen) atoms. The molecule has 0 saturated carbocycles. The highest BCUT2D eigenvalue weighted by Crippen LogP contribution is 2.24. The van der Waals surface area contributed by atoms with E-state index in [0.717, 1.165) is 0 Å². The zero-order chi connectivity index (χ0) is 8.62. The van der Waals surface area contributed by atoms with E-state index >= 15 is 0 Å². The molecular formula is C9H18S. The van der Waals surface area contributed by atoms with Gasteiger partial charge in [0.25, 0.3) is 0 Å². The first-order valence-corrected chi connectivity index (χ1v) is 4.42. The normalized spacial score (nSPS) is 9.20. The smallest absolute Gasteiger partial charge is 0.0320 e. The molecule has 0 atom stereocenters. The van der Waals surface area contributed by atoms with E-state index in [2.05, 4.69) is 27.0 Å². The molecule has 0 N–H and O–H groups in total. The van der Waals surface area contributed by atoms with Crippen molar-refractivity contribution in [2.45, 2.75) is 32.4 Å². The van der Waals surface area contributed by atoms with Crippen molar-refractivity contribution in [2.24, 2.45) is 0 Å². The summed E-state index contributed by atoms with van der Waals surface area (Å²) in [5, 5.41) is 1.84. The zero-order valence-corrected chi connectivity index (χ0v) is 8.29. The number of hydrogen-bond donors (Lipinski definition) is 0. The van der Waals surface area contributed by atoms with E-state index < -0.39 is 0 Å². The third kappa shape index (κ3) is 7.83. The lowest BCUT2D eigenvalue weighted by molar-refractivity contribution is 0.907. The Labute approximate surface area is 69.4 Å². The van der Waals surface area contributed by atoms with E-state index in [1.807, 2.05) is 25.3 Å². The Morgan fingerprint density at radius 2 is 1.60 bits per heavy atom. The van der Waals surface area contributed by atoms with Gasteiger partial charge < -0.3 is 0 Å². The quantitative estimate of drug-likeness (QED) is 0.562. The molecule has 0 nitrogen and oxygen atoms in total. The maximum atomic E-state index is 3.68. The minimum Gasteiger partial charge on any atom is -0.124 e. The number of rotatable bonds is 3. The third-order valence-electron chi connectivity index (χ3n) is 0.879. The molecule has 0 aliphatic heterocycles. The second kappa shape index (κ2) is 6.94. The highest BCUT2D eigenvalue weighted by Gasteiger charge is 2.09. The van der Waals surface area contributed by atoms with E-state index in [0.29, 0.717) is 0 Å². The van der Waals surface area contributed by atoms with Gasteiger partial charge in [0.05, 0.1) is 0 Å². The molecule has 0 unspecified atom stereocenters. The van der Waals surface area contributed by atoms with E-state index in [-0.39, 0.29) is 4.75 Å². The van der Waals surface area contributed by atoms with Crippen molar-refractivity contribution in [2.75, 3.05) is 0 Å². The van der Waals surface area contributed by atoms with Crippen molar-refractivity contribution in [3.8, 4) is 0 Å². The Kier molecular flexibility index (Phi) is 8.68. The molecule has 0 fully saturated rings. The molecule has 0 spiro atoms. The van der Waals surface area contributed by atoms with Crippen LogP contribution in [0.15, 0.2) is 24.6 Å². The summed E-state index contributed by atoms with van der Waals surface area (Å²) in [5.41, 5.74) is 0. The fraction of sp³-hybridized carbons (Fsp3) is 0.556. The van der Waals surface area contributed by atoms with Gasteiger partial charge in [-0.15, -0.1) is 18.3 Å². The van der Waals surface area contributed by atoms with Crippen LogP contribution in [0, 0.1) is 0 Å². The van der Waals surface area contributed by atoms with Crippen LogP contribution in [0.1, 0.15) is 27.7 Å². The predicted molar refractivity (Wildman–Crippen MR) is 53.4 cm³/mol. The summed E-state index contributed by atoms with van der Waals surface area (Å²) in [6, 6.07) is 0. The SMILES string of the molecule is C=CSC(C)(C)C=C.CC. The maximum Gasteiger partial charge on any atom is 0.0320 e. The van der Waals surface area contributed by atoms with Gasteiger partial charge in [-0.25, -0.2) is 0 Å². The summed E-state index contributed by atoms with van der Waals surface area (Å²) in [7, 11) is 0. The zero-order valence-electron chi connectivity index (χ0n) is 7.48. The van der Waals surface area contributed by atoms with Crippen LogP contribution in [0.3, 0.4) is 0 Å². The second-order valence-corrected chi connectivity index (χ2v) is 3.71. The molecule has 0 aliphatic rings. The Bertz CT molecular complexity index is 92.9. The molecule has 0 amide bonds. The van der Waals surface area contributed by atoms with Crippen molar-refractivity contribution >= 4 is 11.8 Å². The fourth-order valence-corrected chi connectivity index (χ4v) is 0.789. The molecule has 0 aromatic heterocycles. The van der Waals surface area contributed by atoms with E-state index in [4.69, 9.17) is 0 Å². The standard InChI is InChI=1S/C7H12S.C2H6/c1-5-7(3,4)8-6-2;1-2/h5-6H,1-2H2,3-4H3;1-2H3. The lowest BCUT2D eigenvalue weighted by Crippen LogP contribution is -2.06. The van der Waals surface area contributed by atoms with Crippen LogP contribution in [-0.4, -0.2) is 4.75 Å². The molecule has 0 rings (SSSR count). The van der Waals surface area contributed by atoms with E-state index in [1.165, 1.54) is 0 Å². The summed E-state index contributed by atoms with van der Waals surface area (Å²) in [6.45, 7) is 15.5. The summed E-state index contributed by atoms with van der Waals surface area (Å²) in [4.78, 5) is 0. The molecule has 60 valence electrons. The van der Waals surface area contributed by atoms with Crippen molar-refractivity contribution in [1.82, 2.24) is 0 Å². The predicted octanol–water partition coefficient (Wildman–Crippen LogP) is 3.85. The highest BCUT2D eigenvalue weighted by atomic mass is 32.2. The van der Waals surface area contributed by atoms with Crippen LogP contribution in [0.4, 0.5) is 0 Å². The van der Waals surface area contributed by atoms with Crippen LogP contribution in [0.25, 0.3) is 0 Å². The average Bonchev–Trinajstić information content (AvgIpc) is 1.93. The minimum absolute atomic E-state index is 0.155. The van der Waals surface area contributed by atoms with Gasteiger partial charge in [0, 0.05) is 4.75 Å². The Balaban J connectivity index is 0. The van der Waals surface area contributed by atoms with Crippen LogP contribution in [0.2, 0.25) is 0 Å². The lowest BCUT2D eigenvalue weighted by Gasteiger charge is -2.14. The summed E-state index contributed by atoms with van der Waals surface area (Å²) >= 11 is 1.68. The van der Waals surface area contributed by atoms with Crippen molar-refractivity contribution in [1.29, 1.82) is 0 Å². The first-order valence-electron chi connectivity index (χ1n) is 3.54. The summed E-state index contributed by atoms with van der Waals surface area (Å²) in [5.74, 6) is 0. The molecule has 0 radical (unpaired) electrons. The van der Waals surface area contributed by atoms with Gasteiger partial charge in [0.15, 0.2) is 0 Å². The molecular weight excluding hydrogens is 140 g/mol. The fourth-order valence-electron chi connectivity index (χ4n) is 0.263. The maximum absolute atomic E-state index is 3.68. The first-order chi connectivity index (χ1) is 4.62. The highest BCUT2D eigenvalue weighted by molar-refractivity contribution is 8.03. The minimum atomic E-state index is 0.155. The Morgan fingerprint density at radius 1 is 1.20 bits per heavy atom. The van der Waals surface area contributed by atoms with Gasteiger partial charge in [-0.1, -0.05) is 26.5 Å². The van der Waals surface area contributed by atoms with Gasteiger partial charge in [0.2, 0.25) is 0 Å². The van der Waals surface area contributed by atoms with Crippen molar-refractivity contribution < 1.29 is 0 Å². The number of hydrogen-bond acceptors (Lipinski definition) is 1. The molecule has 0 heterocycles. The van der Waals surface area contributed by atoms with Crippen LogP contribution in [-0.2, 0) is 0 Å². The van der Waals surface area contributed by atoms with Crippen molar-refractivity contribution in [3.05, 3.63) is 24.6 Å². The Hall–Kier alpha value is -0.170. The van der Waals surface area contributed by atoms with E-state index in [9.17, 15) is 0 Å². The average molecular weight is 158 g/mol. The molecule has 0 aliphatic carbocycles. The van der Waals surface area contributed by atoms with Gasteiger partial charge in [-0.05, 0) is 19.3 Å². The van der Waals surface area contributed by atoms with Crippen LogP contribution < -0.4 is 0 Å². The molecule has 0 saturated heterocycles. The second-order valence-electron chi connectivity index (χ2n) is 2.09. The van der Waals surface area contributed by atoms with Crippen LogP contribution in [0.5, 0.6) is 0 Å². The molecule has 0 aromatic carbocycles. The summed E-state index contributed by atoms with van der Waals surface area (Å²) in [6.07, 6.45) is 1.92. The largest absolute Gasteiger partial charge is 0.124 e.